The molecule has 1 aromatic rings. The molecule has 0 saturated heterocycles. The van der Waals surface area contributed by atoms with E-state index in [1.165, 1.54) is 0 Å². The summed E-state index contributed by atoms with van der Waals surface area (Å²) in [5.41, 5.74) is 1.72. The number of rotatable bonds is 2. The number of allylic oxidation sites excluding steroid dienone is 2. The van der Waals surface area contributed by atoms with E-state index in [1.807, 2.05) is 55.5 Å². The van der Waals surface area contributed by atoms with Crippen LogP contribution in [0.25, 0.3) is 5.57 Å². The molecule has 0 spiro atoms. The van der Waals surface area contributed by atoms with E-state index < -0.39 is 6.04 Å². The topological polar surface area (TPSA) is 43.1 Å². The molecule has 0 saturated carbocycles. The average molecular weight is 215 g/mol. The zero-order chi connectivity index (χ0) is 11.5. The van der Waals surface area contributed by atoms with Crippen molar-refractivity contribution in [2.45, 2.75) is 13.0 Å². The molecular weight excluding hydrogens is 202 g/mol. The highest BCUT2D eigenvalue weighted by molar-refractivity contribution is 5.71. The fraction of sp³-hybridized carbons (Fsp3) is 0.231. The van der Waals surface area contributed by atoms with Crippen LogP contribution in [0, 0.1) is 16.0 Å². The third-order valence-corrected chi connectivity index (χ3v) is 2.84. The summed E-state index contributed by atoms with van der Waals surface area (Å²) in [7, 11) is 0. The Kier molecular flexibility index (Phi) is 2.86. The zero-order valence-corrected chi connectivity index (χ0v) is 9.04. The first kappa shape index (κ1) is 10.6. The van der Waals surface area contributed by atoms with E-state index in [0.717, 1.165) is 11.1 Å². The molecule has 1 aliphatic carbocycles. The van der Waals surface area contributed by atoms with Crippen LogP contribution in [0.15, 0.2) is 48.6 Å². The molecule has 0 aliphatic heterocycles. The molecule has 0 fully saturated rings. The van der Waals surface area contributed by atoms with Gasteiger partial charge >= 0.3 is 0 Å². The largest absolute Gasteiger partial charge is 0.264 e. The number of hydrogen-bond acceptors (Lipinski definition) is 2. The lowest BCUT2D eigenvalue weighted by atomic mass is 9.86. The van der Waals surface area contributed by atoms with Crippen molar-refractivity contribution in [1.82, 2.24) is 0 Å². The van der Waals surface area contributed by atoms with Crippen LogP contribution in [0.4, 0.5) is 0 Å². The van der Waals surface area contributed by atoms with E-state index in [0.29, 0.717) is 0 Å². The molecule has 3 nitrogen and oxygen atoms in total. The van der Waals surface area contributed by atoms with E-state index in [2.05, 4.69) is 0 Å². The maximum atomic E-state index is 11.1. The summed E-state index contributed by atoms with van der Waals surface area (Å²) in [5, 5.41) is 11.1. The lowest BCUT2D eigenvalue weighted by Gasteiger charge is -2.20. The molecule has 82 valence electrons. The van der Waals surface area contributed by atoms with Gasteiger partial charge in [0, 0.05) is 16.4 Å². The predicted octanol–water partition coefficient (Wildman–Crippen LogP) is 2.92. The van der Waals surface area contributed by atoms with E-state index in [4.69, 9.17) is 0 Å². The van der Waals surface area contributed by atoms with Crippen molar-refractivity contribution < 1.29 is 4.92 Å². The zero-order valence-electron chi connectivity index (χ0n) is 9.04. The Morgan fingerprint density at radius 2 is 1.94 bits per heavy atom. The Labute approximate surface area is 94.3 Å². The van der Waals surface area contributed by atoms with Gasteiger partial charge in [0.05, 0.1) is 0 Å². The van der Waals surface area contributed by atoms with Crippen molar-refractivity contribution in [2.24, 2.45) is 5.92 Å². The number of hydrogen-bond donors (Lipinski definition) is 0. The van der Waals surface area contributed by atoms with Crippen LogP contribution in [0.5, 0.6) is 0 Å². The molecular formula is C13H13NO2. The van der Waals surface area contributed by atoms with Gasteiger partial charge in [-0.2, -0.15) is 0 Å². The fourth-order valence-corrected chi connectivity index (χ4v) is 2.02. The third kappa shape index (κ3) is 1.89. The summed E-state index contributed by atoms with van der Waals surface area (Å²) >= 11 is 0. The van der Waals surface area contributed by atoms with Crippen LogP contribution in [-0.2, 0) is 0 Å². The van der Waals surface area contributed by atoms with Gasteiger partial charge in [0.25, 0.3) is 0 Å². The van der Waals surface area contributed by atoms with Crippen molar-refractivity contribution in [3.63, 3.8) is 0 Å². The molecule has 16 heavy (non-hydrogen) atoms. The van der Waals surface area contributed by atoms with Gasteiger partial charge in [-0.3, -0.25) is 10.1 Å². The summed E-state index contributed by atoms with van der Waals surface area (Å²) in [6.07, 6.45) is 5.61. The van der Waals surface area contributed by atoms with Gasteiger partial charge < -0.3 is 0 Å². The highest BCUT2D eigenvalue weighted by atomic mass is 16.6. The monoisotopic (exact) mass is 215 g/mol. The van der Waals surface area contributed by atoms with E-state index in [1.54, 1.807) is 0 Å². The lowest BCUT2D eigenvalue weighted by Crippen LogP contribution is -2.29. The molecule has 2 rings (SSSR count). The first-order valence-corrected chi connectivity index (χ1v) is 5.27. The third-order valence-electron chi connectivity index (χ3n) is 2.84. The summed E-state index contributed by atoms with van der Waals surface area (Å²) in [4.78, 5) is 10.9. The van der Waals surface area contributed by atoms with E-state index in [9.17, 15) is 10.1 Å². The first-order valence-electron chi connectivity index (χ1n) is 5.27. The number of nitro groups is 1. The van der Waals surface area contributed by atoms with Crippen molar-refractivity contribution in [3.8, 4) is 0 Å². The van der Waals surface area contributed by atoms with Crippen molar-refractivity contribution >= 4 is 5.57 Å². The molecule has 0 bridgehead atoms. The second-order valence-electron chi connectivity index (χ2n) is 3.96. The maximum absolute atomic E-state index is 11.1. The smallest absolute Gasteiger partial charge is 0.244 e. The van der Waals surface area contributed by atoms with Crippen LogP contribution in [-0.4, -0.2) is 11.0 Å². The Bertz CT molecular complexity index is 448. The molecule has 2 unspecified atom stereocenters. The lowest BCUT2D eigenvalue weighted by molar-refractivity contribution is -0.512. The maximum Gasteiger partial charge on any atom is 0.244 e. The number of nitrogens with zero attached hydrogens (tertiary/aromatic N) is 1. The Balaban J connectivity index is 2.42. The Hall–Kier alpha value is -1.90. The van der Waals surface area contributed by atoms with Crippen molar-refractivity contribution in [2.75, 3.05) is 0 Å². The van der Waals surface area contributed by atoms with Gasteiger partial charge in [0.1, 0.15) is 0 Å². The summed E-state index contributed by atoms with van der Waals surface area (Å²) in [5.74, 6) is -0.0600. The van der Waals surface area contributed by atoms with Gasteiger partial charge in [0.15, 0.2) is 0 Å². The molecule has 1 aliphatic rings. The van der Waals surface area contributed by atoms with Crippen LogP contribution in [0.1, 0.15) is 12.5 Å². The quantitative estimate of drug-likeness (QED) is 0.562. The summed E-state index contributed by atoms with van der Waals surface area (Å²) in [6.45, 7) is 1.87. The predicted molar refractivity (Wildman–Crippen MR) is 63.5 cm³/mol. The summed E-state index contributed by atoms with van der Waals surface area (Å²) < 4.78 is 0. The van der Waals surface area contributed by atoms with Gasteiger partial charge in [0.2, 0.25) is 6.04 Å². The molecule has 0 radical (unpaired) electrons. The van der Waals surface area contributed by atoms with E-state index in [-0.39, 0.29) is 10.8 Å². The number of benzene rings is 1. The van der Waals surface area contributed by atoms with Crippen molar-refractivity contribution in [1.29, 1.82) is 0 Å². The fourth-order valence-electron chi connectivity index (χ4n) is 2.02. The molecule has 0 aromatic heterocycles. The Morgan fingerprint density at radius 3 is 2.56 bits per heavy atom. The molecule has 3 heteroatoms. The van der Waals surface area contributed by atoms with Gasteiger partial charge in [-0.1, -0.05) is 55.5 Å². The van der Waals surface area contributed by atoms with E-state index >= 15 is 0 Å². The summed E-state index contributed by atoms with van der Waals surface area (Å²) in [6, 6.07) is 8.90. The highest BCUT2D eigenvalue weighted by Crippen LogP contribution is 2.29. The van der Waals surface area contributed by atoms with Crippen molar-refractivity contribution in [3.05, 3.63) is 64.2 Å². The molecule has 1 aromatic carbocycles. The first-order chi connectivity index (χ1) is 7.70. The van der Waals surface area contributed by atoms with Gasteiger partial charge in [-0.05, 0) is 5.56 Å². The average Bonchev–Trinajstić information content (AvgIpc) is 2.29. The SMILES string of the molecule is CC1C=CC=C(c2ccccc2)C1[N+](=O)[O-]. The molecule has 0 heterocycles. The molecule has 2 atom stereocenters. The molecule has 0 amide bonds. The minimum Gasteiger partial charge on any atom is -0.264 e. The highest BCUT2D eigenvalue weighted by Gasteiger charge is 2.32. The van der Waals surface area contributed by atoms with Crippen LogP contribution in [0.3, 0.4) is 0 Å². The van der Waals surface area contributed by atoms with Crippen LogP contribution < -0.4 is 0 Å². The minimum absolute atomic E-state index is 0.0600. The second kappa shape index (κ2) is 4.31. The van der Waals surface area contributed by atoms with Crippen LogP contribution in [0.2, 0.25) is 0 Å². The standard InChI is InChI=1S/C13H13NO2/c1-10-6-5-9-12(13(10)14(15)16)11-7-3-2-4-8-11/h2-10,13H,1H3. The van der Waals surface area contributed by atoms with Gasteiger partial charge in [-0.15, -0.1) is 0 Å². The Morgan fingerprint density at radius 1 is 1.25 bits per heavy atom. The second-order valence-corrected chi connectivity index (χ2v) is 3.96. The minimum atomic E-state index is -0.632. The molecule has 0 N–H and O–H groups in total. The van der Waals surface area contributed by atoms with Gasteiger partial charge in [-0.25, -0.2) is 0 Å². The normalized spacial score (nSPS) is 23.9. The van der Waals surface area contributed by atoms with Crippen LogP contribution >= 0.6 is 0 Å².